The van der Waals surface area contributed by atoms with Crippen LogP contribution in [0.15, 0.2) is 85.3 Å². The molecule has 0 spiro atoms. The van der Waals surface area contributed by atoms with Crippen molar-refractivity contribution in [1.29, 1.82) is 0 Å². The van der Waals surface area contributed by atoms with E-state index >= 15 is 0 Å². The van der Waals surface area contributed by atoms with Crippen LogP contribution in [-0.2, 0) is 0 Å². The molecule has 2 atom stereocenters. The molecule has 0 aliphatic carbocycles. The molecule has 1 aliphatic heterocycles. The Bertz CT molecular complexity index is 1250. The number of aromatic nitrogens is 3. The largest absolute Gasteiger partial charge is 0.378 e. The molecule has 4 aromatic rings. The molecule has 0 unspecified atom stereocenters. The fourth-order valence-electron chi connectivity index (χ4n) is 4.20. The summed E-state index contributed by atoms with van der Waals surface area (Å²) >= 11 is 11.9. The first kappa shape index (κ1) is 21.4. The molecule has 1 aliphatic rings. The summed E-state index contributed by atoms with van der Waals surface area (Å²) in [7, 11) is 4.06. The van der Waals surface area contributed by atoms with Crippen molar-refractivity contribution in [3.8, 4) is 5.82 Å². The van der Waals surface area contributed by atoms with Crippen LogP contribution in [-0.4, -0.2) is 33.7 Å². The molecule has 3 aromatic heterocycles. The number of nitrogens with one attached hydrogen (secondary N) is 1. The van der Waals surface area contributed by atoms with Crippen LogP contribution < -0.4 is 15.1 Å². The third-order valence-corrected chi connectivity index (χ3v) is 6.32. The number of halogens is 1. The monoisotopic (exact) mass is 474 g/mol. The molecular weight excluding hydrogens is 452 g/mol. The van der Waals surface area contributed by atoms with Crippen molar-refractivity contribution in [1.82, 2.24) is 19.9 Å². The average molecular weight is 475 g/mol. The van der Waals surface area contributed by atoms with Crippen molar-refractivity contribution < 1.29 is 0 Å². The van der Waals surface area contributed by atoms with Crippen LogP contribution in [0.5, 0.6) is 0 Å². The van der Waals surface area contributed by atoms with E-state index in [1.54, 1.807) is 6.20 Å². The number of anilines is 2. The zero-order valence-electron chi connectivity index (χ0n) is 18.3. The highest BCUT2D eigenvalue weighted by Gasteiger charge is 2.42. The Hall–Kier alpha value is -3.42. The summed E-state index contributed by atoms with van der Waals surface area (Å²) in [5.41, 5.74) is 4.11. The van der Waals surface area contributed by atoms with Gasteiger partial charge in [0.15, 0.2) is 5.11 Å². The number of pyridine rings is 2. The van der Waals surface area contributed by atoms with E-state index < -0.39 is 0 Å². The zero-order chi connectivity index (χ0) is 22.9. The lowest BCUT2D eigenvalue weighted by molar-refractivity contribution is 0.548. The van der Waals surface area contributed by atoms with Crippen molar-refractivity contribution >= 4 is 40.3 Å². The van der Waals surface area contributed by atoms with Gasteiger partial charge in [0.2, 0.25) is 0 Å². The van der Waals surface area contributed by atoms with Crippen LogP contribution in [0, 0.1) is 0 Å². The maximum absolute atomic E-state index is 6.08. The van der Waals surface area contributed by atoms with Gasteiger partial charge in [0.25, 0.3) is 0 Å². The van der Waals surface area contributed by atoms with Gasteiger partial charge in [-0.2, -0.15) is 0 Å². The fraction of sp³-hybridized carbons (Fsp3) is 0.160. The summed E-state index contributed by atoms with van der Waals surface area (Å²) in [6, 6.07) is 22.0. The predicted octanol–water partition coefficient (Wildman–Crippen LogP) is 5.16. The van der Waals surface area contributed by atoms with Crippen molar-refractivity contribution in [2.45, 2.75) is 12.1 Å². The molecule has 1 saturated heterocycles. The Morgan fingerprint density at radius 3 is 2.45 bits per heavy atom. The lowest BCUT2D eigenvalue weighted by Crippen LogP contribution is -2.30. The third-order valence-electron chi connectivity index (χ3n) is 5.78. The normalized spacial score (nSPS) is 17.8. The van der Waals surface area contributed by atoms with E-state index in [4.69, 9.17) is 23.8 Å². The lowest BCUT2D eigenvalue weighted by atomic mass is 10.0. The van der Waals surface area contributed by atoms with Gasteiger partial charge in [0.05, 0.1) is 16.8 Å². The summed E-state index contributed by atoms with van der Waals surface area (Å²) in [6.07, 6.45) is 5.48. The van der Waals surface area contributed by atoms with Crippen molar-refractivity contribution in [3.05, 3.63) is 102 Å². The second kappa shape index (κ2) is 8.84. The zero-order valence-corrected chi connectivity index (χ0v) is 19.8. The van der Waals surface area contributed by atoms with Crippen LogP contribution in [0.4, 0.5) is 11.4 Å². The molecule has 1 aromatic carbocycles. The molecule has 33 heavy (non-hydrogen) atoms. The third kappa shape index (κ3) is 4.05. The summed E-state index contributed by atoms with van der Waals surface area (Å²) in [4.78, 5) is 13.4. The van der Waals surface area contributed by atoms with E-state index in [0.717, 1.165) is 28.6 Å². The molecule has 0 radical (unpaired) electrons. The smallest absolute Gasteiger partial charge is 0.174 e. The Morgan fingerprint density at radius 1 is 0.970 bits per heavy atom. The van der Waals surface area contributed by atoms with Crippen LogP contribution in [0.3, 0.4) is 0 Å². The van der Waals surface area contributed by atoms with Crippen LogP contribution in [0.1, 0.15) is 23.5 Å². The van der Waals surface area contributed by atoms with Gasteiger partial charge in [0.1, 0.15) is 11.9 Å². The van der Waals surface area contributed by atoms with Gasteiger partial charge in [-0.05, 0) is 72.9 Å². The molecule has 166 valence electrons. The van der Waals surface area contributed by atoms with Crippen molar-refractivity contribution in [2.24, 2.45) is 0 Å². The van der Waals surface area contributed by atoms with Crippen molar-refractivity contribution in [2.75, 3.05) is 23.9 Å². The fourth-order valence-corrected chi connectivity index (χ4v) is 4.66. The molecule has 1 N–H and O–H groups in total. The predicted molar refractivity (Wildman–Crippen MR) is 137 cm³/mol. The number of rotatable bonds is 5. The molecule has 0 bridgehead atoms. The first-order valence-corrected chi connectivity index (χ1v) is 11.4. The molecule has 5 rings (SSSR count). The van der Waals surface area contributed by atoms with Crippen molar-refractivity contribution in [3.63, 3.8) is 0 Å². The number of benzene rings is 1. The SMILES string of the molecule is CN(C)c1ccc(N2C(=S)N[C@H](c3ccccn3)[C@@H]2c2cccn2-c2ccc(Cl)cn2)cc1. The summed E-state index contributed by atoms with van der Waals surface area (Å²) < 4.78 is 2.08. The molecule has 1 fully saturated rings. The maximum Gasteiger partial charge on any atom is 0.174 e. The average Bonchev–Trinajstić information content (AvgIpc) is 3.44. The minimum atomic E-state index is -0.134. The van der Waals surface area contributed by atoms with Gasteiger partial charge in [0, 0.05) is 49.8 Å². The van der Waals surface area contributed by atoms with Gasteiger partial charge >= 0.3 is 0 Å². The highest BCUT2D eigenvalue weighted by atomic mass is 35.5. The first-order chi connectivity index (χ1) is 16.0. The maximum atomic E-state index is 6.08. The quantitative estimate of drug-likeness (QED) is 0.403. The molecule has 4 heterocycles. The Balaban J connectivity index is 1.63. The van der Waals surface area contributed by atoms with Gasteiger partial charge in [-0.3, -0.25) is 4.98 Å². The standard InChI is InChI=1S/C25H23ClN6S/c1-30(2)18-9-11-19(12-10-18)32-24(23(29-25(32)33)20-6-3-4-14-27-20)21-7-5-15-31(21)22-13-8-17(26)16-28-22/h3-16,23-24H,1-2H3,(H,29,33)/t23-,24+/m1/s1. The minimum absolute atomic E-state index is 0.131. The van der Waals surface area contributed by atoms with E-state index in [2.05, 4.69) is 60.0 Å². The van der Waals surface area contributed by atoms with Gasteiger partial charge < -0.3 is 19.7 Å². The molecule has 0 saturated carbocycles. The van der Waals surface area contributed by atoms with Gasteiger partial charge in [-0.25, -0.2) is 4.98 Å². The van der Waals surface area contributed by atoms with Crippen LogP contribution >= 0.6 is 23.8 Å². The highest BCUT2D eigenvalue weighted by molar-refractivity contribution is 7.80. The lowest BCUT2D eigenvalue weighted by Gasteiger charge is -2.29. The van der Waals surface area contributed by atoms with E-state index in [9.17, 15) is 0 Å². The molecule has 0 amide bonds. The highest BCUT2D eigenvalue weighted by Crippen LogP contribution is 2.42. The molecule has 8 heteroatoms. The van der Waals surface area contributed by atoms with E-state index in [1.165, 1.54) is 0 Å². The van der Waals surface area contributed by atoms with E-state index in [0.29, 0.717) is 10.1 Å². The number of hydrogen-bond donors (Lipinski definition) is 1. The molecule has 6 nitrogen and oxygen atoms in total. The van der Waals surface area contributed by atoms with Gasteiger partial charge in [-0.1, -0.05) is 17.7 Å². The topological polar surface area (TPSA) is 49.2 Å². The van der Waals surface area contributed by atoms with Crippen LogP contribution in [0.25, 0.3) is 5.82 Å². The number of nitrogens with zero attached hydrogens (tertiary/aromatic N) is 5. The van der Waals surface area contributed by atoms with Crippen LogP contribution in [0.2, 0.25) is 5.02 Å². The summed E-state index contributed by atoms with van der Waals surface area (Å²) in [6.45, 7) is 0. The number of hydrogen-bond acceptors (Lipinski definition) is 4. The molecular formula is C25H23ClN6S. The minimum Gasteiger partial charge on any atom is -0.378 e. The number of thiocarbonyl (C=S) groups is 1. The first-order valence-electron chi connectivity index (χ1n) is 10.6. The Labute approximate surface area is 203 Å². The Kier molecular flexibility index (Phi) is 5.74. The Morgan fingerprint density at radius 2 is 1.79 bits per heavy atom. The second-order valence-electron chi connectivity index (χ2n) is 8.05. The van der Waals surface area contributed by atoms with Gasteiger partial charge in [-0.15, -0.1) is 0 Å². The van der Waals surface area contributed by atoms with E-state index in [-0.39, 0.29) is 12.1 Å². The second-order valence-corrected chi connectivity index (χ2v) is 8.87. The summed E-state index contributed by atoms with van der Waals surface area (Å²) in [5.74, 6) is 0.792. The summed E-state index contributed by atoms with van der Waals surface area (Å²) in [5, 5.41) is 4.77. The van der Waals surface area contributed by atoms with E-state index in [1.807, 2.05) is 62.9 Å².